The van der Waals surface area contributed by atoms with E-state index in [1.807, 2.05) is 6.07 Å². The Bertz CT molecular complexity index is 923. The normalized spacial score (nSPS) is 15.0. The number of thiophene rings is 1. The van der Waals surface area contributed by atoms with Crippen molar-refractivity contribution in [3.8, 4) is 6.07 Å². The summed E-state index contributed by atoms with van der Waals surface area (Å²) in [5, 5.41) is 13.3. The number of hydrogen-bond acceptors (Lipinski definition) is 5. The first-order valence-electron chi connectivity index (χ1n) is 7.87. The van der Waals surface area contributed by atoms with E-state index in [-0.39, 0.29) is 16.3 Å². The summed E-state index contributed by atoms with van der Waals surface area (Å²) in [5.74, 6) is -0.421. The first-order valence-corrected chi connectivity index (χ1v) is 10.2. The predicted molar refractivity (Wildman–Crippen MR) is 94.6 cm³/mol. The highest BCUT2D eigenvalue weighted by molar-refractivity contribution is 7.89. The van der Waals surface area contributed by atoms with Gasteiger partial charge in [-0.2, -0.15) is 9.57 Å². The summed E-state index contributed by atoms with van der Waals surface area (Å²) in [5.41, 5.74) is 1.30. The number of nitrogens with one attached hydrogen (secondary N) is 1. The van der Waals surface area contributed by atoms with Gasteiger partial charge in [-0.15, -0.1) is 11.3 Å². The molecule has 1 aliphatic rings. The van der Waals surface area contributed by atoms with Gasteiger partial charge in [0.1, 0.15) is 9.77 Å². The molecule has 8 heteroatoms. The topological polar surface area (TPSA) is 90.3 Å². The molecule has 0 unspecified atom stereocenters. The van der Waals surface area contributed by atoms with Gasteiger partial charge < -0.3 is 5.32 Å². The molecule has 1 aliphatic heterocycles. The average molecular weight is 375 g/mol. The Balaban J connectivity index is 1.75. The highest BCUT2D eigenvalue weighted by Crippen LogP contribution is 2.27. The molecule has 2 aromatic rings. The molecular formula is C17H17N3O3S2. The van der Waals surface area contributed by atoms with Crippen LogP contribution >= 0.6 is 11.3 Å². The van der Waals surface area contributed by atoms with E-state index in [0.29, 0.717) is 18.7 Å². The van der Waals surface area contributed by atoms with Gasteiger partial charge in [0.25, 0.3) is 5.91 Å². The molecule has 0 spiro atoms. The van der Waals surface area contributed by atoms with Crippen LogP contribution in [0.3, 0.4) is 0 Å². The summed E-state index contributed by atoms with van der Waals surface area (Å²) in [6, 6.07) is 10.5. The van der Waals surface area contributed by atoms with Crippen molar-refractivity contribution in [1.82, 2.24) is 9.62 Å². The zero-order valence-corrected chi connectivity index (χ0v) is 15.1. The van der Waals surface area contributed by atoms with Crippen molar-refractivity contribution in [2.24, 2.45) is 0 Å². The standard InChI is InChI=1S/C17H17N3O3S2/c18-11-13-4-3-5-14(10-13)12-19-17(21)16-15(6-9-24-16)25(22,23)20-7-1-2-8-20/h3-6,9-10H,1-2,7-8,12H2,(H,19,21). The number of hydrogen-bond donors (Lipinski definition) is 1. The maximum absolute atomic E-state index is 12.7. The summed E-state index contributed by atoms with van der Waals surface area (Å²) in [6.07, 6.45) is 1.69. The number of rotatable bonds is 5. The molecule has 1 N–H and O–H groups in total. The van der Waals surface area contributed by atoms with Crippen LogP contribution in [0.1, 0.15) is 33.6 Å². The van der Waals surface area contributed by atoms with E-state index >= 15 is 0 Å². The van der Waals surface area contributed by atoms with Gasteiger partial charge in [-0.3, -0.25) is 4.79 Å². The van der Waals surface area contributed by atoms with Crippen LogP contribution in [0.4, 0.5) is 0 Å². The van der Waals surface area contributed by atoms with Gasteiger partial charge >= 0.3 is 0 Å². The lowest BCUT2D eigenvalue weighted by Gasteiger charge is -2.15. The Morgan fingerprint density at radius 2 is 2.04 bits per heavy atom. The van der Waals surface area contributed by atoms with Crippen LogP contribution in [0.2, 0.25) is 0 Å². The van der Waals surface area contributed by atoms with Gasteiger partial charge in [0, 0.05) is 19.6 Å². The highest BCUT2D eigenvalue weighted by atomic mass is 32.2. The molecule has 0 radical (unpaired) electrons. The first-order chi connectivity index (χ1) is 12.0. The second-order valence-electron chi connectivity index (χ2n) is 5.72. The lowest BCUT2D eigenvalue weighted by atomic mass is 10.1. The van der Waals surface area contributed by atoms with E-state index in [9.17, 15) is 13.2 Å². The summed E-state index contributed by atoms with van der Waals surface area (Å²) >= 11 is 1.12. The molecule has 1 saturated heterocycles. The van der Waals surface area contributed by atoms with Crippen molar-refractivity contribution in [3.05, 3.63) is 51.7 Å². The number of benzene rings is 1. The minimum absolute atomic E-state index is 0.0719. The number of nitrogens with zero attached hydrogens (tertiary/aromatic N) is 2. The van der Waals surface area contributed by atoms with E-state index < -0.39 is 15.9 Å². The van der Waals surface area contributed by atoms with Gasteiger partial charge in [0.05, 0.1) is 11.6 Å². The first kappa shape index (κ1) is 17.6. The van der Waals surface area contributed by atoms with Gasteiger partial charge in [-0.05, 0) is 42.0 Å². The summed E-state index contributed by atoms with van der Waals surface area (Å²) < 4.78 is 26.8. The van der Waals surface area contributed by atoms with Gasteiger partial charge in [-0.1, -0.05) is 12.1 Å². The fraction of sp³-hybridized carbons (Fsp3) is 0.294. The summed E-state index contributed by atoms with van der Waals surface area (Å²) in [7, 11) is -3.62. The van der Waals surface area contributed by atoms with Crippen molar-refractivity contribution in [1.29, 1.82) is 5.26 Å². The van der Waals surface area contributed by atoms with Crippen molar-refractivity contribution >= 4 is 27.3 Å². The summed E-state index contributed by atoms with van der Waals surface area (Å²) in [6.45, 7) is 1.23. The fourth-order valence-corrected chi connectivity index (χ4v) is 5.58. The lowest BCUT2D eigenvalue weighted by molar-refractivity contribution is 0.0952. The summed E-state index contributed by atoms with van der Waals surface area (Å²) in [4.78, 5) is 12.7. The Hall–Kier alpha value is -2.21. The van der Waals surface area contributed by atoms with Crippen molar-refractivity contribution in [3.63, 3.8) is 0 Å². The molecule has 0 bridgehead atoms. The predicted octanol–water partition coefficient (Wildman–Crippen LogP) is 2.33. The molecule has 1 fully saturated rings. The third-order valence-corrected chi connectivity index (χ3v) is 7.01. The molecular weight excluding hydrogens is 358 g/mol. The van der Waals surface area contributed by atoms with Gasteiger partial charge in [-0.25, -0.2) is 8.42 Å². The molecule has 1 aromatic heterocycles. The zero-order chi connectivity index (χ0) is 17.9. The largest absolute Gasteiger partial charge is 0.347 e. The maximum atomic E-state index is 12.7. The van der Waals surface area contributed by atoms with Gasteiger partial charge in [0.15, 0.2) is 0 Å². The maximum Gasteiger partial charge on any atom is 0.263 e. The van der Waals surface area contributed by atoms with E-state index in [1.165, 1.54) is 10.4 Å². The molecule has 0 saturated carbocycles. The van der Waals surface area contributed by atoms with E-state index in [1.54, 1.807) is 29.6 Å². The second kappa shape index (κ2) is 7.35. The van der Waals surface area contributed by atoms with Crippen molar-refractivity contribution in [2.45, 2.75) is 24.3 Å². The minimum atomic E-state index is -3.62. The average Bonchev–Trinajstić information content (AvgIpc) is 3.31. The molecule has 6 nitrogen and oxygen atoms in total. The quantitative estimate of drug-likeness (QED) is 0.868. The highest BCUT2D eigenvalue weighted by Gasteiger charge is 2.31. The van der Waals surface area contributed by atoms with E-state index in [0.717, 1.165) is 29.7 Å². The van der Waals surface area contributed by atoms with Crippen molar-refractivity contribution < 1.29 is 13.2 Å². The van der Waals surface area contributed by atoms with Crippen LogP contribution in [0.15, 0.2) is 40.6 Å². The smallest absolute Gasteiger partial charge is 0.263 e. The Morgan fingerprint density at radius 1 is 1.28 bits per heavy atom. The van der Waals surface area contributed by atoms with E-state index in [2.05, 4.69) is 5.32 Å². The van der Waals surface area contributed by atoms with Crippen LogP contribution in [0.25, 0.3) is 0 Å². The van der Waals surface area contributed by atoms with E-state index in [4.69, 9.17) is 5.26 Å². The Labute approximate surface area is 150 Å². The number of amides is 1. The monoisotopic (exact) mass is 375 g/mol. The fourth-order valence-electron chi connectivity index (χ4n) is 2.75. The van der Waals surface area contributed by atoms with Gasteiger partial charge in [0.2, 0.25) is 10.0 Å². The molecule has 1 amide bonds. The molecule has 25 heavy (non-hydrogen) atoms. The number of nitriles is 1. The van der Waals surface area contributed by atoms with Crippen molar-refractivity contribution in [2.75, 3.05) is 13.1 Å². The third-order valence-electron chi connectivity index (χ3n) is 4.03. The van der Waals surface area contributed by atoms with Crippen LogP contribution in [-0.2, 0) is 16.6 Å². The zero-order valence-electron chi connectivity index (χ0n) is 13.4. The number of carbonyl (C=O) groups is 1. The SMILES string of the molecule is N#Cc1cccc(CNC(=O)c2sccc2S(=O)(=O)N2CCCC2)c1. The van der Waals surface area contributed by atoms with Crippen LogP contribution < -0.4 is 5.32 Å². The molecule has 3 rings (SSSR count). The molecule has 1 aromatic carbocycles. The molecule has 2 heterocycles. The Morgan fingerprint density at radius 3 is 2.76 bits per heavy atom. The molecule has 0 aliphatic carbocycles. The third kappa shape index (κ3) is 3.74. The number of sulfonamides is 1. The van der Waals surface area contributed by atoms with Crippen LogP contribution in [-0.4, -0.2) is 31.7 Å². The number of carbonyl (C=O) groups excluding carboxylic acids is 1. The second-order valence-corrected chi connectivity index (χ2v) is 8.54. The lowest BCUT2D eigenvalue weighted by Crippen LogP contribution is -2.30. The van der Waals surface area contributed by atoms with Crippen LogP contribution in [0.5, 0.6) is 0 Å². The molecule has 0 atom stereocenters. The Kier molecular flexibility index (Phi) is 5.18. The minimum Gasteiger partial charge on any atom is -0.347 e. The van der Waals surface area contributed by atoms with Crippen LogP contribution in [0, 0.1) is 11.3 Å². The molecule has 130 valence electrons.